The molecule has 0 unspecified atom stereocenters. The summed E-state index contributed by atoms with van der Waals surface area (Å²) in [5.74, 6) is 0.00257. The van der Waals surface area contributed by atoms with Crippen molar-refractivity contribution in [1.82, 2.24) is 5.32 Å². The normalized spacial score (nSPS) is 12.3. The fourth-order valence-corrected chi connectivity index (χ4v) is 3.19. The number of unbranched alkanes of at least 4 members (excludes halogenated alkanes) is 1. The van der Waals surface area contributed by atoms with E-state index in [1.54, 1.807) is 0 Å². The van der Waals surface area contributed by atoms with E-state index in [1.165, 1.54) is 16.5 Å². The number of aryl methyl sites for hydroxylation is 2. The van der Waals surface area contributed by atoms with Gasteiger partial charge in [0.25, 0.3) is 0 Å². The van der Waals surface area contributed by atoms with Gasteiger partial charge in [-0.3, -0.25) is 4.79 Å². The molecule has 4 N–H and O–H groups in total. The van der Waals surface area contributed by atoms with Crippen molar-refractivity contribution in [2.24, 2.45) is 5.73 Å². The van der Waals surface area contributed by atoms with Gasteiger partial charge < -0.3 is 16.4 Å². The van der Waals surface area contributed by atoms with E-state index in [0.717, 1.165) is 30.3 Å². The standard InChI is InChI=1S/C18H21N3O2/c19-18(23)20-11-2-1-6-16(22)21-15-10-9-13-8-7-12-4-3-5-14(15)17(12)13/h3-5,9-10H,1-2,6-8,11H2,(H,21,22)(H3,19,20,23). The lowest BCUT2D eigenvalue weighted by Crippen LogP contribution is -2.30. The Bertz CT molecular complexity index is 745. The summed E-state index contributed by atoms with van der Waals surface area (Å²) < 4.78 is 0. The van der Waals surface area contributed by atoms with Crippen molar-refractivity contribution in [2.45, 2.75) is 32.1 Å². The number of nitrogens with one attached hydrogen (secondary N) is 2. The molecule has 0 atom stereocenters. The fourth-order valence-electron chi connectivity index (χ4n) is 3.19. The number of hydrogen-bond acceptors (Lipinski definition) is 2. The zero-order valence-electron chi connectivity index (χ0n) is 13.0. The van der Waals surface area contributed by atoms with E-state index in [-0.39, 0.29) is 5.91 Å². The van der Waals surface area contributed by atoms with Crippen molar-refractivity contribution in [2.75, 3.05) is 11.9 Å². The highest BCUT2D eigenvalue weighted by Crippen LogP contribution is 2.35. The topological polar surface area (TPSA) is 84.2 Å². The molecule has 2 aromatic carbocycles. The SMILES string of the molecule is NC(=O)NCCCCC(=O)Nc1ccc2c3c(cccc13)CC2. The van der Waals surface area contributed by atoms with E-state index in [2.05, 4.69) is 34.9 Å². The number of nitrogens with two attached hydrogens (primary N) is 1. The molecule has 5 heteroatoms. The predicted octanol–water partition coefficient (Wildman–Crippen LogP) is 2.72. The molecule has 3 rings (SSSR count). The summed E-state index contributed by atoms with van der Waals surface area (Å²) in [6, 6.07) is 9.88. The molecule has 0 spiro atoms. The van der Waals surface area contributed by atoms with Gasteiger partial charge in [0, 0.05) is 24.0 Å². The van der Waals surface area contributed by atoms with E-state index < -0.39 is 6.03 Å². The molecule has 0 saturated heterocycles. The van der Waals surface area contributed by atoms with Gasteiger partial charge in [0.2, 0.25) is 5.91 Å². The van der Waals surface area contributed by atoms with Crippen molar-refractivity contribution in [1.29, 1.82) is 0 Å². The first kappa shape index (κ1) is 15.3. The van der Waals surface area contributed by atoms with Gasteiger partial charge in [0.15, 0.2) is 0 Å². The van der Waals surface area contributed by atoms with E-state index in [0.29, 0.717) is 19.4 Å². The summed E-state index contributed by atoms with van der Waals surface area (Å²) in [4.78, 5) is 22.7. The number of primary amides is 1. The molecule has 0 fully saturated rings. The largest absolute Gasteiger partial charge is 0.352 e. The lowest BCUT2D eigenvalue weighted by Gasteiger charge is -2.10. The molecular formula is C18H21N3O2. The molecule has 120 valence electrons. The van der Waals surface area contributed by atoms with Crippen LogP contribution in [0.2, 0.25) is 0 Å². The Morgan fingerprint density at radius 3 is 2.61 bits per heavy atom. The minimum absolute atomic E-state index is 0.00257. The highest BCUT2D eigenvalue weighted by atomic mass is 16.2. The molecular weight excluding hydrogens is 290 g/mol. The van der Waals surface area contributed by atoms with Crippen LogP contribution in [0, 0.1) is 0 Å². The molecule has 23 heavy (non-hydrogen) atoms. The van der Waals surface area contributed by atoms with Gasteiger partial charge in [-0.1, -0.05) is 24.3 Å². The Labute approximate surface area is 135 Å². The third kappa shape index (κ3) is 3.44. The van der Waals surface area contributed by atoms with Crippen LogP contribution < -0.4 is 16.4 Å². The number of benzene rings is 2. The fraction of sp³-hybridized carbons (Fsp3) is 0.333. The van der Waals surface area contributed by atoms with Crippen molar-refractivity contribution < 1.29 is 9.59 Å². The van der Waals surface area contributed by atoms with Crippen LogP contribution in [0.15, 0.2) is 30.3 Å². The third-order valence-electron chi connectivity index (χ3n) is 4.28. The molecule has 0 heterocycles. The Morgan fingerprint density at radius 2 is 1.83 bits per heavy atom. The monoisotopic (exact) mass is 311 g/mol. The van der Waals surface area contributed by atoms with Crippen LogP contribution in [-0.4, -0.2) is 18.5 Å². The second-order valence-corrected chi connectivity index (χ2v) is 5.91. The van der Waals surface area contributed by atoms with Crippen molar-refractivity contribution >= 4 is 28.4 Å². The van der Waals surface area contributed by atoms with Crippen LogP contribution in [-0.2, 0) is 17.6 Å². The minimum Gasteiger partial charge on any atom is -0.352 e. The number of anilines is 1. The minimum atomic E-state index is -0.526. The summed E-state index contributed by atoms with van der Waals surface area (Å²) >= 11 is 0. The van der Waals surface area contributed by atoms with Gasteiger partial charge in [0.1, 0.15) is 0 Å². The van der Waals surface area contributed by atoms with Crippen molar-refractivity contribution in [3.63, 3.8) is 0 Å². The van der Waals surface area contributed by atoms with E-state index in [1.807, 2.05) is 6.07 Å². The number of amides is 3. The van der Waals surface area contributed by atoms with Crippen LogP contribution in [0.4, 0.5) is 10.5 Å². The zero-order chi connectivity index (χ0) is 16.2. The molecule has 5 nitrogen and oxygen atoms in total. The first-order valence-corrected chi connectivity index (χ1v) is 8.02. The molecule has 0 bridgehead atoms. The highest BCUT2D eigenvalue weighted by molar-refractivity contribution is 6.05. The van der Waals surface area contributed by atoms with E-state index in [9.17, 15) is 9.59 Å². The maximum absolute atomic E-state index is 12.1. The maximum Gasteiger partial charge on any atom is 0.312 e. The van der Waals surface area contributed by atoms with Crippen LogP contribution in [0.5, 0.6) is 0 Å². The first-order chi connectivity index (χ1) is 11.1. The smallest absolute Gasteiger partial charge is 0.312 e. The predicted molar refractivity (Wildman–Crippen MR) is 91.4 cm³/mol. The molecule has 1 aliphatic carbocycles. The Morgan fingerprint density at radius 1 is 1.04 bits per heavy atom. The van der Waals surface area contributed by atoms with E-state index in [4.69, 9.17) is 5.73 Å². The molecule has 3 amide bonds. The van der Waals surface area contributed by atoms with Gasteiger partial charge in [-0.2, -0.15) is 0 Å². The van der Waals surface area contributed by atoms with Crippen LogP contribution in [0.25, 0.3) is 10.8 Å². The number of hydrogen-bond donors (Lipinski definition) is 3. The van der Waals surface area contributed by atoms with E-state index >= 15 is 0 Å². The lowest BCUT2D eigenvalue weighted by molar-refractivity contribution is -0.116. The van der Waals surface area contributed by atoms with Gasteiger partial charge >= 0.3 is 6.03 Å². The molecule has 0 aromatic heterocycles. The van der Waals surface area contributed by atoms with Crippen LogP contribution in [0.1, 0.15) is 30.4 Å². The molecule has 1 aliphatic rings. The summed E-state index contributed by atoms with van der Waals surface area (Å²) in [6.45, 7) is 0.504. The van der Waals surface area contributed by atoms with Gasteiger partial charge in [0.05, 0.1) is 0 Å². The summed E-state index contributed by atoms with van der Waals surface area (Å²) in [5, 5.41) is 7.96. The van der Waals surface area contributed by atoms with Crippen molar-refractivity contribution in [3.8, 4) is 0 Å². The molecule has 2 aromatic rings. The molecule has 0 saturated carbocycles. The Balaban J connectivity index is 1.61. The van der Waals surface area contributed by atoms with Crippen LogP contribution in [0.3, 0.4) is 0 Å². The summed E-state index contributed by atoms with van der Waals surface area (Å²) in [6.07, 6.45) is 4.05. The van der Waals surface area contributed by atoms with Gasteiger partial charge in [-0.05, 0) is 48.3 Å². The average molecular weight is 311 g/mol. The number of carbonyl (C=O) groups is 2. The lowest BCUT2D eigenvalue weighted by atomic mass is 10.0. The second kappa shape index (κ2) is 6.69. The molecule has 0 aliphatic heterocycles. The average Bonchev–Trinajstić information content (AvgIpc) is 2.94. The van der Waals surface area contributed by atoms with Gasteiger partial charge in [-0.15, -0.1) is 0 Å². The summed E-state index contributed by atoms with van der Waals surface area (Å²) in [5.41, 5.74) is 8.61. The highest BCUT2D eigenvalue weighted by Gasteiger charge is 2.16. The number of urea groups is 1. The summed E-state index contributed by atoms with van der Waals surface area (Å²) in [7, 11) is 0. The van der Waals surface area contributed by atoms with Crippen molar-refractivity contribution in [3.05, 3.63) is 41.5 Å². The number of rotatable bonds is 6. The third-order valence-corrected chi connectivity index (χ3v) is 4.28. The zero-order valence-corrected chi connectivity index (χ0v) is 13.0. The quantitative estimate of drug-likeness (QED) is 0.717. The van der Waals surface area contributed by atoms with Crippen LogP contribution >= 0.6 is 0 Å². The molecule has 0 radical (unpaired) electrons. The van der Waals surface area contributed by atoms with Gasteiger partial charge in [-0.25, -0.2) is 4.79 Å². The second-order valence-electron chi connectivity index (χ2n) is 5.91. The maximum atomic E-state index is 12.1. The Hall–Kier alpha value is -2.56. The first-order valence-electron chi connectivity index (χ1n) is 8.02. The number of carbonyl (C=O) groups excluding carboxylic acids is 2. The Kier molecular flexibility index (Phi) is 4.46.